The van der Waals surface area contributed by atoms with Crippen LogP contribution in [0.1, 0.15) is 43.9 Å². The van der Waals surface area contributed by atoms with Crippen molar-refractivity contribution in [2.24, 2.45) is 5.92 Å². The third-order valence-corrected chi connectivity index (χ3v) is 8.63. The van der Waals surface area contributed by atoms with E-state index in [2.05, 4.69) is 5.32 Å². The van der Waals surface area contributed by atoms with Gasteiger partial charge in [-0.15, -0.1) is 0 Å². The van der Waals surface area contributed by atoms with Gasteiger partial charge in [-0.05, 0) is 67.6 Å². The van der Waals surface area contributed by atoms with Crippen molar-refractivity contribution in [3.63, 3.8) is 0 Å². The summed E-state index contributed by atoms with van der Waals surface area (Å²) in [5, 5.41) is 2.94. The first-order chi connectivity index (χ1) is 19.5. The van der Waals surface area contributed by atoms with Crippen LogP contribution in [0.4, 0.5) is 5.69 Å². The number of benzene rings is 3. The maximum atomic E-state index is 14.2. The maximum absolute atomic E-state index is 14.2. The van der Waals surface area contributed by atoms with Crippen molar-refractivity contribution in [1.29, 1.82) is 0 Å². The fourth-order valence-corrected chi connectivity index (χ4v) is 5.94. The van der Waals surface area contributed by atoms with Gasteiger partial charge in [-0.1, -0.05) is 68.8 Å². The molecular formula is C32H41N3O5S. The third kappa shape index (κ3) is 8.10. The average molecular weight is 580 g/mol. The molecule has 9 heteroatoms. The first-order valence-electron chi connectivity index (χ1n) is 13.8. The summed E-state index contributed by atoms with van der Waals surface area (Å²) in [5.41, 5.74) is 2.83. The number of aryl methyl sites for hydroxylation is 2. The van der Waals surface area contributed by atoms with Crippen molar-refractivity contribution in [3.8, 4) is 5.75 Å². The number of amides is 2. The lowest BCUT2D eigenvalue weighted by Crippen LogP contribution is -2.52. The Balaban J connectivity index is 2.05. The molecule has 1 atom stereocenters. The SMILES string of the molecule is CC[C@H](C(=O)NCC(C)C)N(Cc1ccc(OC)cc1)C(=O)CN(c1ccccc1C)S(=O)(=O)c1ccc(C)cc1. The zero-order chi connectivity index (χ0) is 30.2. The summed E-state index contributed by atoms with van der Waals surface area (Å²) in [7, 11) is -2.53. The van der Waals surface area contributed by atoms with Gasteiger partial charge in [0, 0.05) is 13.1 Å². The lowest BCUT2D eigenvalue weighted by atomic mass is 10.1. The molecule has 220 valence electrons. The van der Waals surface area contributed by atoms with E-state index in [1.165, 1.54) is 4.90 Å². The molecule has 3 aromatic carbocycles. The van der Waals surface area contributed by atoms with Crippen LogP contribution in [0.15, 0.2) is 77.7 Å². The third-order valence-electron chi connectivity index (χ3n) is 6.85. The van der Waals surface area contributed by atoms with Crippen LogP contribution < -0.4 is 14.4 Å². The summed E-state index contributed by atoms with van der Waals surface area (Å²) in [6.45, 7) is 9.65. The smallest absolute Gasteiger partial charge is 0.264 e. The number of carbonyl (C=O) groups excluding carboxylic acids is 2. The molecule has 0 heterocycles. The summed E-state index contributed by atoms with van der Waals surface area (Å²) in [6, 6.07) is 20.1. The number of hydrogen-bond donors (Lipinski definition) is 1. The Hall–Kier alpha value is -3.85. The van der Waals surface area contributed by atoms with E-state index in [9.17, 15) is 18.0 Å². The number of ether oxygens (including phenoxy) is 1. The van der Waals surface area contributed by atoms with Crippen LogP contribution in [0.2, 0.25) is 0 Å². The van der Waals surface area contributed by atoms with Gasteiger partial charge in [-0.2, -0.15) is 0 Å². The monoisotopic (exact) mass is 579 g/mol. The Morgan fingerprint density at radius 2 is 1.56 bits per heavy atom. The highest BCUT2D eigenvalue weighted by molar-refractivity contribution is 7.92. The van der Waals surface area contributed by atoms with Gasteiger partial charge in [-0.3, -0.25) is 13.9 Å². The number of rotatable bonds is 13. The van der Waals surface area contributed by atoms with Crippen molar-refractivity contribution in [2.45, 2.75) is 58.5 Å². The van der Waals surface area contributed by atoms with Crippen LogP contribution in [0.25, 0.3) is 0 Å². The van der Waals surface area contributed by atoms with Crippen LogP contribution in [0, 0.1) is 19.8 Å². The van der Waals surface area contributed by atoms with Crippen molar-refractivity contribution in [2.75, 3.05) is 24.5 Å². The second kappa shape index (κ2) is 14.2. The van der Waals surface area contributed by atoms with Crippen LogP contribution in [0.3, 0.4) is 0 Å². The van der Waals surface area contributed by atoms with Gasteiger partial charge in [0.1, 0.15) is 18.3 Å². The highest BCUT2D eigenvalue weighted by Crippen LogP contribution is 2.28. The van der Waals surface area contributed by atoms with E-state index in [-0.39, 0.29) is 23.3 Å². The molecule has 0 saturated carbocycles. The Kier molecular flexibility index (Phi) is 10.9. The molecule has 0 fully saturated rings. The van der Waals surface area contributed by atoms with Gasteiger partial charge < -0.3 is 15.0 Å². The molecule has 1 N–H and O–H groups in total. The minimum Gasteiger partial charge on any atom is -0.497 e. The van der Waals surface area contributed by atoms with Gasteiger partial charge in [0.15, 0.2) is 0 Å². The molecule has 0 aliphatic heterocycles. The number of sulfonamides is 1. The van der Waals surface area contributed by atoms with E-state index < -0.39 is 28.5 Å². The molecule has 41 heavy (non-hydrogen) atoms. The van der Waals surface area contributed by atoms with E-state index in [0.717, 1.165) is 15.4 Å². The largest absolute Gasteiger partial charge is 0.497 e. The van der Waals surface area contributed by atoms with E-state index in [1.54, 1.807) is 68.6 Å². The van der Waals surface area contributed by atoms with E-state index in [1.807, 2.05) is 45.9 Å². The molecule has 3 rings (SSSR count). The number of hydrogen-bond acceptors (Lipinski definition) is 5. The average Bonchev–Trinajstić information content (AvgIpc) is 2.95. The van der Waals surface area contributed by atoms with Crippen molar-refractivity contribution >= 4 is 27.5 Å². The van der Waals surface area contributed by atoms with Crippen molar-refractivity contribution in [1.82, 2.24) is 10.2 Å². The molecule has 8 nitrogen and oxygen atoms in total. The summed E-state index contributed by atoms with van der Waals surface area (Å²) in [4.78, 5) is 29.0. The Morgan fingerprint density at radius 1 is 0.927 bits per heavy atom. The predicted molar refractivity (Wildman–Crippen MR) is 162 cm³/mol. The Bertz CT molecular complexity index is 1420. The normalized spacial score (nSPS) is 12.1. The minimum atomic E-state index is -4.11. The van der Waals surface area contributed by atoms with Crippen molar-refractivity contribution in [3.05, 3.63) is 89.5 Å². The number of anilines is 1. The summed E-state index contributed by atoms with van der Waals surface area (Å²) in [6.07, 6.45) is 0.362. The Labute approximate surface area is 244 Å². The lowest BCUT2D eigenvalue weighted by molar-refractivity contribution is -0.140. The topological polar surface area (TPSA) is 96.0 Å². The van der Waals surface area contributed by atoms with Gasteiger partial charge >= 0.3 is 0 Å². The molecule has 2 amide bonds. The molecule has 0 aliphatic carbocycles. The van der Waals surface area contributed by atoms with Gasteiger partial charge in [0.25, 0.3) is 10.0 Å². The second-order valence-corrected chi connectivity index (χ2v) is 12.4. The van der Waals surface area contributed by atoms with Crippen LogP contribution in [0.5, 0.6) is 5.75 Å². The minimum absolute atomic E-state index is 0.0857. The molecule has 0 radical (unpaired) electrons. The van der Waals surface area contributed by atoms with Crippen molar-refractivity contribution < 1.29 is 22.7 Å². The predicted octanol–water partition coefficient (Wildman–Crippen LogP) is 5.09. The van der Waals surface area contributed by atoms with Gasteiger partial charge in [0.2, 0.25) is 11.8 Å². The highest BCUT2D eigenvalue weighted by atomic mass is 32.2. The number of nitrogens with one attached hydrogen (secondary N) is 1. The zero-order valence-corrected chi connectivity index (χ0v) is 25.6. The second-order valence-electron chi connectivity index (χ2n) is 10.5. The van der Waals surface area contributed by atoms with E-state index in [4.69, 9.17) is 4.74 Å². The summed E-state index contributed by atoms with van der Waals surface area (Å²) in [5.74, 6) is 0.153. The first-order valence-corrected chi connectivity index (χ1v) is 15.3. The molecule has 0 spiro atoms. The molecular weight excluding hydrogens is 538 g/mol. The van der Waals surface area contributed by atoms with E-state index >= 15 is 0 Å². The number of carbonyl (C=O) groups is 2. The molecule has 0 aromatic heterocycles. The van der Waals surface area contributed by atoms with Crippen LogP contribution >= 0.6 is 0 Å². The lowest BCUT2D eigenvalue weighted by Gasteiger charge is -2.33. The van der Waals surface area contributed by atoms with Crippen LogP contribution in [-0.4, -0.2) is 51.4 Å². The Morgan fingerprint density at radius 3 is 2.12 bits per heavy atom. The maximum Gasteiger partial charge on any atom is 0.264 e. The number of nitrogens with zero attached hydrogens (tertiary/aromatic N) is 2. The number of methoxy groups -OCH3 is 1. The molecule has 3 aromatic rings. The zero-order valence-electron chi connectivity index (χ0n) is 24.8. The highest BCUT2D eigenvalue weighted by Gasteiger charge is 2.34. The number of para-hydroxylation sites is 1. The van der Waals surface area contributed by atoms with Gasteiger partial charge in [-0.25, -0.2) is 8.42 Å². The van der Waals surface area contributed by atoms with Gasteiger partial charge in [0.05, 0.1) is 17.7 Å². The fraction of sp³-hybridized carbons (Fsp3) is 0.375. The van der Waals surface area contributed by atoms with Crippen LogP contribution in [-0.2, 0) is 26.2 Å². The standard InChI is InChI=1S/C32H41N3O5S/c1-7-29(32(37)33-20-23(2)3)34(21-26-14-16-27(40-6)17-15-26)31(36)22-35(30-11-9-8-10-25(30)5)41(38,39)28-18-12-24(4)13-19-28/h8-19,23,29H,7,20-22H2,1-6H3,(H,33,37)/t29-/m1/s1. The fourth-order valence-electron chi connectivity index (χ4n) is 4.46. The molecule has 0 bridgehead atoms. The summed E-state index contributed by atoms with van der Waals surface area (Å²) >= 11 is 0. The van der Waals surface area contributed by atoms with E-state index in [0.29, 0.717) is 30.0 Å². The molecule has 0 unspecified atom stereocenters. The quantitative estimate of drug-likeness (QED) is 0.305. The molecule has 0 aliphatic rings. The first kappa shape index (κ1) is 31.7. The molecule has 0 saturated heterocycles. The summed E-state index contributed by atoms with van der Waals surface area (Å²) < 4.78 is 34.4.